The summed E-state index contributed by atoms with van der Waals surface area (Å²) in [6.45, 7) is 5.08. The third-order valence-electron chi connectivity index (χ3n) is 6.53. The first-order valence-electron chi connectivity index (χ1n) is 12.7. The van der Waals surface area contributed by atoms with Gasteiger partial charge in [-0.1, -0.05) is 42.5 Å². The lowest BCUT2D eigenvalue weighted by molar-refractivity contribution is -0.152. The van der Waals surface area contributed by atoms with Crippen LogP contribution in [0.2, 0.25) is 0 Å². The molecule has 0 amide bonds. The van der Waals surface area contributed by atoms with E-state index >= 15 is 0 Å². The van der Waals surface area contributed by atoms with Crippen molar-refractivity contribution in [1.82, 2.24) is 9.78 Å². The molecule has 0 saturated carbocycles. The number of aromatic nitrogens is 2. The van der Waals surface area contributed by atoms with E-state index in [0.29, 0.717) is 41.1 Å². The quantitative estimate of drug-likeness (QED) is 0.215. The van der Waals surface area contributed by atoms with Gasteiger partial charge in [-0.2, -0.15) is 18.3 Å². The number of carboxylic acid groups (broad SMARTS) is 1. The second kappa shape index (κ2) is 11.4. The number of rotatable bonds is 10. The molecule has 1 N–H and O–H groups in total. The van der Waals surface area contributed by atoms with Gasteiger partial charge in [-0.25, -0.2) is 4.79 Å². The molecule has 4 rings (SSSR count). The van der Waals surface area contributed by atoms with E-state index in [0.717, 1.165) is 23.4 Å². The van der Waals surface area contributed by atoms with Crippen molar-refractivity contribution in [1.29, 1.82) is 0 Å². The number of hydrogen-bond donors (Lipinski definition) is 1. The van der Waals surface area contributed by atoms with Crippen LogP contribution in [0.15, 0.2) is 78.9 Å². The van der Waals surface area contributed by atoms with E-state index in [9.17, 15) is 27.9 Å². The fourth-order valence-corrected chi connectivity index (χ4v) is 4.16. The molecule has 0 radical (unpaired) electrons. The molecule has 0 atom stereocenters. The molecule has 6 nitrogen and oxygen atoms in total. The SMILES string of the molecule is Cc1cc(C(=O)CCc2cc(-c3ccc(C(F)(F)F)cc3)nn2Cc2ccccc2)ccc1OC(C)(C)C(=O)O. The Hall–Kier alpha value is -4.40. The minimum absolute atomic E-state index is 0.115. The molecular weight excluding hydrogens is 521 g/mol. The predicted molar refractivity (Wildman–Crippen MR) is 144 cm³/mol. The van der Waals surface area contributed by atoms with E-state index in [-0.39, 0.29) is 12.2 Å². The number of hydrogen-bond acceptors (Lipinski definition) is 4. The maximum Gasteiger partial charge on any atom is 0.416 e. The van der Waals surface area contributed by atoms with Crippen molar-refractivity contribution in [2.75, 3.05) is 0 Å². The first kappa shape index (κ1) is 28.6. The van der Waals surface area contributed by atoms with Crippen molar-refractivity contribution >= 4 is 11.8 Å². The molecule has 0 aliphatic rings. The summed E-state index contributed by atoms with van der Waals surface area (Å²) in [5, 5.41) is 14.0. The molecule has 3 aromatic carbocycles. The number of nitrogens with zero attached hydrogens (tertiary/aromatic N) is 2. The van der Waals surface area contributed by atoms with Crippen LogP contribution in [0, 0.1) is 6.92 Å². The molecular formula is C31H29F3N2O4. The van der Waals surface area contributed by atoms with E-state index in [4.69, 9.17) is 4.74 Å². The number of Topliss-reactive ketones (excluding diaryl/α,β-unsaturated/α-hetero) is 1. The number of halogens is 3. The van der Waals surface area contributed by atoms with Gasteiger partial charge in [0.05, 0.1) is 17.8 Å². The second-order valence-electron chi connectivity index (χ2n) is 10.1. The Balaban J connectivity index is 1.54. The fraction of sp³-hybridized carbons (Fsp3) is 0.258. The van der Waals surface area contributed by atoms with E-state index in [1.807, 2.05) is 30.3 Å². The summed E-state index contributed by atoms with van der Waals surface area (Å²) in [7, 11) is 0. The van der Waals surface area contributed by atoms with E-state index < -0.39 is 23.3 Å². The van der Waals surface area contributed by atoms with Crippen LogP contribution >= 0.6 is 0 Å². The molecule has 40 heavy (non-hydrogen) atoms. The summed E-state index contributed by atoms with van der Waals surface area (Å²) >= 11 is 0. The van der Waals surface area contributed by atoms with Gasteiger partial charge in [0.1, 0.15) is 5.75 Å². The molecule has 0 bridgehead atoms. The highest BCUT2D eigenvalue weighted by Crippen LogP contribution is 2.31. The molecule has 9 heteroatoms. The highest BCUT2D eigenvalue weighted by atomic mass is 19.4. The molecule has 4 aromatic rings. The van der Waals surface area contributed by atoms with Crippen LogP contribution in [0.5, 0.6) is 5.75 Å². The van der Waals surface area contributed by atoms with Crippen LogP contribution < -0.4 is 4.74 Å². The monoisotopic (exact) mass is 550 g/mol. The lowest BCUT2D eigenvalue weighted by Crippen LogP contribution is -2.38. The number of ketones is 1. The summed E-state index contributed by atoms with van der Waals surface area (Å²) in [6, 6.07) is 21.1. The van der Waals surface area contributed by atoms with Crippen molar-refractivity contribution in [3.05, 3.63) is 107 Å². The maximum atomic E-state index is 13.1. The van der Waals surface area contributed by atoms with Gasteiger partial charge in [0, 0.05) is 23.2 Å². The largest absolute Gasteiger partial charge is 0.478 e. The zero-order valence-electron chi connectivity index (χ0n) is 22.3. The third-order valence-corrected chi connectivity index (χ3v) is 6.53. The van der Waals surface area contributed by atoms with Gasteiger partial charge in [0.15, 0.2) is 11.4 Å². The maximum absolute atomic E-state index is 13.1. The summed E-state index contributed by atoms with van der Waals surface area (Å²) < 4.78 is 46.4. The van der Waals surface area contributed by atoms with E-state index in [1.165, 1.54) is 26.0 Å². The van der Waals surface area contributed by atoms with Crippen LogP contribution in [-0.4, -0.2) is 32.2 Å². The highest BCUT2D eigenvalue weighted by molar-refractivity contribution is 5.96. The molecule has 0 aliphatic heterocycles. The summed E-state index contributed by atoms with van der Waals surface area (Å²) in [5.74, 6) is -0.836. The molecule has 0 spiro atoms. The molecule has 0 unspecified atom stereocenters. The Kier molecular flexibility index (Phi) is 8.13. The van der Waals surface area contributed by atoms with Gasteiger partial charge in [-0.3, -0.25) is 9.48 Å². The minimum atomic E-state index is -4.42. The molecule has 0 aliphatic carbocycles. The molecule has 208 valence electrons. The number of carboxylic acids is 1. The Morgan fingerprint density at radius 1 is 0.950 bits per heavy atom. The first-order valence-corrected chi connectivity index (χ1v) is 12.7. The fourth-order valence-electron chi connectivity index (χ4n) is 4.16. The van der Waals surface area contributed by atoms with Crippen LogP contribution in [-0.2, 0) is 23.9 Å². The summed E-state index contributed by atoms with van der Waals surface area (Å²) in [5.41, 5.74) is 1.78. The number of ether oxygens (including phenoxy) is 1. The van der Waals surface area contributed by atoms with Crippen LogP contribution in [0.3, 0.4) is 0 Å². The van der Waals surface area contributed by atoms with E-state index in [1.54, 1.807) is 35.9 Å². The Morgan fingerprint density at radius 3 is 2.23 bits per heavy atom. The number of carbonyl (C=O) groups is 2. The van der Waals surface area contributed by atoms with Crippen LogP contribution in [0.25, 0.3) is 11.3 Å². The number of aliphatic carboxylic acids is 1. The van der Waals surface area contributed by atoms with Crippen molar-refractivity contribution in [3.8, 4) is 17.0 Å². The normalized spacial score (nSPS) is 11.8. The van der Waals surface area contributed by atoms with Gasteiger partial charge in [0.2, 0.25) is 0 Å². The molecule has 0 fully saturated rings. The van der Waals surface area contributed by atoms with Gasteiger partial charge < -0.3 is 9.84 Å². The lowest BCUT2D eigenvalue weighted by Gasteiger charge is -2.23. The van der Waals surface area contributed by atoms with E-state index in [2.05, 4.69) is 5.10 Å². The van der Waals surface area contributed by atoms with Crippen molar-refractivity contribution in [2.24, 2.45) is 0 Å². The number of carbonyl (C=O) groups excluding carboxylic acids is 1. The summed E-state index contributed by atoms with van der Waals surface area (Å²) in [6.07, 6.45) is -3.89. The lowest BCUT2D eigenvalue weighted by atomic mass is 10.0. The van der Waals surface area contributed by atoms with Crippen molar-refractivity contribution in [2.45, 2.75) is 51.9 Å². The average Bonchev–Trinajstić information content (AvgIpc) is 3.30. The zero-order valence-corrected chi connectivity index (χ0v) is 22.3. The third kappa shape index (κ3) is 6.77. The Labute approximate surface area is 230 Å². The minimum Gasteiger partial charge on any atom is -0.478 e. The predicted octanol–water partition coefficient (Wildman–Crippen LogP) is 6.98. The summed E-state index contributed by atoms with van der Waals surface area (Å²) in [4.78, 5) is 24.5. The number of benzene rings is 3. The number of alkyl halides is 3. The molecule has 0 saturated heterocycles. The topological polar surface area (TPSA) is 81.4 Å². The zero-order chi connectivity index (χ0) is 29.1. The highest BCUT2D eigenvalue weighted by Gasteiger charge is 2.31. The van der Waals surface area contributed by atoms with Gasteiger partial charge in [-0.05, 0) is 74.7 Å². The average molecular weight is 551 g/mol. The smallest absolute Gasteiger partial charge is 0.416 e. The van der Waals surface area contributed by atoms with Crippen LogP contribution in [0.1, 0.15) is 53.0 Å². The molecule has 1 heterocycles. The standard InChI is InChI=1S/C31H29F3N2O4/c1-20-17-23(11-16-28(20)40-30(2,3)29(38)39)27(37)15-14-25-18-26(22-9-12-24(13-10-22)31(32,33)34)35-36(25)19-21-7-5-4-6-8-21/h4-13,16-18H,14-15,19H2,1-3H3,(H,38,39). The molecule has 1 aromatic heterocycles. The van der Waals surface area contributed by atoms with Crippen LogP contribution in [0.4, 0.5) is 13.2 Å². The van der Waals surface area contributed by atoms with Crippen molar-refractivity contribution < 1.29 is 32.6 Å². The van der Waals surface area contributed by atoms with Crippen molar-refractivity contribution in [3.63, 3.8) is 0 Å². The Morgan fingerprint density at radius 2 is 1.62 bits per heavy atom. The first-order chi connectivity index (χ1) is 18.8. The van der Waals surface area contributed by atoms with Gasteiger partial charge in [0.25, 0.3) is 0 Å². The second-order valence-corrected chi connectivity index (χ2v) is 10.1. The number of aryl methyl sites for hydroxylation is 2. The van der Waals surface area contributed by atoms with Gasteiger partial charge >= 0.3 is 12.1 Å². The Bertz CT molecular complexity index is 1510. The van der Waals surface area contributed by atoms with Gasteiger partial charge in [-0.15, -0.1) is 0 Å².